The predicted octanol–water partition coefficient (Wildman–Crippen LogP) is 1.30. The largest absolute Gasteiger partial charge is 0.338 e. The first-order valence-electron chi connectivity index (χ1n) is 4.48. The van der Waals surface area contributed by atoms with Gasteiger partial charge in [0.15, 0.2) is 0 Å². The number of nitro groups is 1. The van der Waals surface area contributed by atoms with Crippen molar-refractivity contribution in [1.82, 2.24) is 4.90 Å². The Bertz CT molecular complexity index is 466. The van der Waals surface area contributed by atoms with Gasteiger partial charge in [-0.2, -0.15) is 0 Å². The van der Waals surface area contributed by atoms with E-state index in [1.807, 2.05) is 0 Å². The Morgan fingerprint density at radius 3 is 2.31 bits per heavy atom. The van der Waals surface area contributed by atoms with E-state index in [-0.39, 0.29) is 11.5 Å². The first kappa shape index (κ1) is 11.7. The smallest absolute Gasteiger partial charge is 0.269 e. The fourth-order valence-corrected chi connectivity index (χ4v) is 0.969. The fraction of sp³-hybridized carbons (Fsp3) is 0.182. The van der Waals surface area contributed by atoms with Crippen LogP contribution in [0.25, 0.3) is 0 Å². The normalized spacial score (nSPS) is 8.88. The maximum atomic E-state index is 11.5. The summed E-state index contributed by atoms with van der Waals surface area (Å²) in [5.74, 6) is 2.06. The zero-order chi connectivity index (χ0) is 12.1. The van der Waals surface area contributed by atoms with Gasteiger partial charge in [-0.1, -0.05) is 0 Å². The Labute approximate surface area is 92.8 Å². The number of hydrogen-bond donors (Lipinski definition) is 0. The van der Waals surface area contributed by atoms with E-state index in [1.54, 1.807) is 19.0 Å². The molecular formula is C11H10N2O3. The predicted molar refractivity (Wildman–Crippen MR) is 58.9 cm³/mol. The Hall–Kier alpha value is -2.35. The first-order valence-corrected chi connectivity index (χ1v) is 4.48. The molecular weight excluding hydrogens is 208 g/mol. The summed E-state index contributed by atoms with van der Waals surface area (Å²) in [5, 5.41) is 10.4. The number of benzene rings is 1. The summed E-state index contributed by atoms with van der Waals surface area (Å²) in [5.41, 5.74) is 0.303. The molecule has 0 saturated heterocycles. The summed E-state index contributed by atoms with van der Waals surface area (Å²) in [6.45, 7) is 0. The molecule has 5 nitrogen and oxygen atoms in total. The van der Waals surface area contributed by atoms with Gasteiger partial charge in [-0.05, 0) is 18.1 Å². The van der Waals surface area contributed by atoms with Gasteiger partial charge < -0.3 is 4.90 Å². The highest BCUT2D eigenvalue weighted by atomic mass is 16.6. The van der Waals surface area contributed by atoms with Gasteiger partial charge in [0.1, 0.15) is 0 Å². The van der Waals surface area contributed by atoms with Gasteiger partial charge in [-0.3, -0.25) is 14.9 Å². The second kappa shape index (κ2) is 4.94. The summed E-state index contributed by atoms with van der Waals surface area (Å²) in [4.78, 5) is 22.9. The summed E-state index contributed by atoms with van der Waals surface area (Å²) in [6, 6.07) is 7.93. The molecule has 0 aliphatic heterocycles. The Balaban J connectivity index is 2.87. The summed E-state index contributed by atoms with van der Waals surface area (Å²) in [6.07, 6.45) is 0. The molecule has 0 amide bonds. The van der Waals surface area contributed by atoms with Crippen LogP contribution in [0.5, 0.6) is 0 Å². The molecule has 1 rings (SSSR count). The number of carbonyl (C=O) groups excluding carboxylic acids is 1. The van der Waals surface area contributed by atoms with Gasteiger partial charge in [0.2, 0.25) is 5.78 Å². The molecule has 0 heterocycles. The maximum absolute atomic E-state index is 11.5. The van der Waals surface area contributed by atoms with Gasteiger partial charge in [0.25, 0.3) is 5.69 Å². The van der Waals surface area contributed by atoms with Crippen molar-refractivity contribution in [3.63, 3.8) is 0 Å². The molecule has 0 unspecified atom stereocenters. The summed E-state index contributed by atoms with van der Waals surface area (Å²) >= 11 is 0. The Morgan fingerprint density at radius 2 is 1.88 bits per heavy atom. The molecule has 0 bridgehead atoms. The van der Waals surface area contributed by atoms with Crippen molar-refractivity contribution in [2.24, 2.45) is 0 Å². The molecule has 0 aliphatic carbocycles. The molecule has 0 aromatic heterocycles. The van der Waals surface area contributed by atoms with Crippen LogP contribution < -0.4 is 0 Å². The van der Waals surface area contributed by atoms with Crippen LogP contribution in [-0.2, 0) is 0 Å². The third-order valence-electron chi connectivity index (χ3n) is 1.73. The molecule has 0 atom stereocenters. The quantitative estimate of drug-likeness (QED) is 0.247. The standard InChI is InChI=1S/C11H10N2O3/c1-12(2)8-7-11(14)9-3-5-10(6-4-9)13(15)16/h3-6H,1-2H3. The number of rotatable bonds is 2. The topological polar surface area (TPSA) is 63.5 Å². The van der Waals surface area contributed by atoms with E-state index in [9.17, 15) is 14.9 Å². The van der Waals surface area contributed by atoms with Gasteiger partial charge >= 0.3 is 0 Å². The Morgan fingerprint density at radius 1 is 1.31 bits per heavy atom. The first-order chi connectivity index (χ1) is 7.50. The summed E-state index contributed by atoms with van der Waals surface area (Å²) < 4.78 is 0. The van der Waals surface area contributed by atoms with Crippen molar-refractivity contribution in [1.29, 1.82) is 0 Å². The Kier molecular flexibility index (Phi) is 3.62. The van der Waals surface area contributed by atoms with E-state index in [2.05, 4.69) is 12.0 Å². The molecule has 82 valence electrons. The van der Waals surface area contributed by atoms with Crippen LogP contribution in [0.3, 0.4) is 0 Å². The molecule has 0 radical (unpaired) electrons. The second-order valence-corrected chi connectivity index (χ2v) is 3.26. The molecule has 0 fully saturated rings. The summed E-state index contributed by atoms with van der Waals surface area (Å²) in [7, 11) is 3.44. The van der Waals surface area contributed by atoms with E-state index < -0.39 is 4.92 Å². The zero-order valence-electron chi connectivity index (χ0n) is 8.93. The van der Waals surface area contributed by atoms with Crippen molar-refractivity contribution in [2.75, 3.05) is 14.1 Å². The fourth-order valence-electron chi connectivity index (χ4n) is 0.969. The molecule has 0 spiro atoms. The minimum atomic E-state index is -0.514. The van der Waals surface area contributed by atoms with Crippen molar-refractivity contribution in [2.45, 2.75) is 0 Å². The number of ketones is 1. The number of non-ortho nitro benzene ring substituents is 1. The lowest BCUT2D eigenvalue weighted by atomic mass is 10.1. The van der Waals surface area contributed by atoms with Gasteiger partial charge in [-0.25, -0.2) is 0 Å². The number of nitrogens with zero attached hydrogens (tertiary/aromatic N) is 2. The van der Waals surface area contributed by atoms with Crippen molar-refractivity contribution < 1.29 is 9.72 Å². The average Bonchev–Trinajstić information content (AvgIpc) is 2.26. The van der Waals surface area contributed by atoms with Crippen molar-refractivity contribution in [3.05, 3.63) is 39.9 Å². The molecule has 1 aromatic rings. The van der Waals surface area contributed by atoms with E-state index in [0.717, 1.165) is 0 Å². The lowest BCUT2D eigenvalue weighted by Gasteiger charge is -1.97. The van der Waals surface area contributed by atoms with Crippen molar-refractivity contribution >= 4 is 11.5 Å². The van der Waals surface area contributed by atoms with Crippen molar-refractivity contribution in [3.8, 4) is 12.0 Å². The van der Waals surface area contributed by atoms with Gasteiger partial charge in [0, 0.05) is 37.8 Å². The highest BCUT2D eigenvalue weighted by molar-refractivity contribution is 6.09. The maximum Gasteiger partial charge on any atom is 0.269 e. The van der Waals surface area contributed by atoms with Gasteiger partial charge in [0.05, 0.1) is 4.92 Å². The zero-order valence-corrected chi connectivity index (χ0v) is 8.93. The molecule has 0 N–H and O–H groups in total. The minimum Gasteiger partial charge on any atom is -0.338 e. The lowest BCUT2D eigenvalue weighted by molar-refractivity contribution is -0.384. The van der Waals surface area contributed by atoms with E-state index in [0.29, 0.717) is 5.56 Å². The highest BCUT2D eigenvalue weighted by Crippen LogP contribution is 2.11. The monoisotopic (exact) mass is 218 g/mol. The number of hydrogen-bond acceptors (Lipinski definition) is 4. The SMILES string of the molecule is CN(C)C#CC(=O)c1ccc([N+](=O)[O-])cc1. The van der Waals surface area contributed by atoms with Crippen LogP contribution in [0.4, 0.5) is 5.69 Å². The van der Waals surface area contributed by atoms with Crippen LogP contribution in [0.1, 0.15) is 10.4 Å². The van der Waals surface area contributed by atoms with Gasteiger partial charge in [-0.15, -0.1) is 0 Å². The number of carbonyl (C=O) groups is 1. The minimum absolute atomic E-state index is 0.0443. The van der Waals surface area contributed by atoms with Crippen LogP contribution >= 0.6 is 0 Å². The van der Waals surface area contributed by atoms with Crippen LogP contribution in [0, 0.1) is 22.1 Å². The highest BCUT2D eigenvalue weighted by Gasteiger charge is 2.07. The lowest BCUT2D eigenvalue weighted by Crippen LogP contribution is -2.03. The molecule has 5 heteroatoms. The number of Topliss-reactive ketones (excluding diaryl/α,β-unsaturated/α-hetero) is 1. The second-order valence-electron chi connectivity index (χ2n) is 3.26. The average molecular weight is 218 g/mol. The molecule has 1 aromatic carbocycles. The third kappa shape index (κ3) is 3.10. The van der Waals surface area contributed by atoms with Crippen LogP contribution in [0.15, 0.2) is 24.3 Å². The van der Waals surface area contributed by atoms with Crippen LogP contribution in [0.2, 0.25) is 0 Å². The van der Waals surface area contributed by atoms with Crippen LogP contribution in [-0.4, -0.2) is 29.7 Å². The molecule has 0 aliphatic rings. The number of nitro benzene ring substituents is 1. The van der Waals surface area contributed by atoms with E-state index >= 15 is 0 Å². The van der Waals surface area contributed by atoms with E-state index in [4.69, 9.17) is 0 Å². The van der Waals surface area contributed by atoms with E-state index in [1.165, 1.54) is 24.3 Å². The molecule has 16 heavy (non-hydrogen) atoms. The third-order valence-corrected chi connectivity index (χ3v) is 1.73. The molecule has 0 saturated carbocycles.